The highest BCUT2D eigenvalue weighted by Gasteiger charge is 2.19. The third-order valence-electron chi connectivity index (χ3n) is 5.00. The van der Waals surface area contributed by atoms with Crippen molar-refractivity contribution in [3.8, 4) is 28.5 Å². The fourth-order valence-corrected chi connectivity index (χ4v) is 3.39. The number of hydrogen-bond acceptors (Lipinski definition) is 4. The first-order chi connectivity index (χ1) is 15.0. The molecule has 5 nitrogen and oxygen atoms in total. The number of rotatable bonds is 6. The van der Waals surface area contributed by atoms with Gasteiger partial charge < -0.3 is 14.5 Å². The van der Waals surface area contributed by atoms with Gasteiger partial charge in [-0.15, -0.1) is 0 Å². The van der Waals surface area contributed by atoms with Crippen LogP contribution in [0.1, 0.15) is 28.9 Å². The van der Waals surface area contributed by atoms with Gasteiger partial charge in [0.05, 0.1) is 24.9 Å². The molecule has 156 valence electrons. The summed E-state index contributed by atoms with van der Waals surface area (Å²) in [5.74, 6) is 1.56. The molecule has 31 heavy (non-hydrogen) atoms. The Morgan fingerprint density at radius 2 is 1.74 bits per heavy atom. The fourth-order valence-electron chi connectivity index (χ4n) is 3.26. The van der Waals surface area contributed by atoms with Crippen molar-refractivity contribution in [2.24, 2.45) is 0 Å². The number of benzene rings is 3. The van der Waals surface area contributed by atoms with E-state index in [1.165, 1.54) is 0 Å². The van der Waals surface area contributed by atoms with Crippen molar-refractivity contribution < 1.29 is 13.9 Å². The lowest BCUT2D eigenvalue weighted by atomic mass is 10.0. The maximum absolute atomic E-state index is 13.0. The van der Waals surface area contributed by atoms with E-state index < -0.39 is 0 Å². The quantitative estimate of drug-likeness (QED) is 0.396. The number of carbonyl (C=O) groups excluding carboxylic acids is 1. The second-order valence-corrected chi connectivity index (χ2v) is 7.49. The molecule has 0 fully saturated rings. The van der Waals surface area contributed by atoms with Crippen molar-refractivity contribution in [1.82, 2.24) is 10.3 Å². The molecule has 1 aromatic heterocycles. The van der Waals surface area contributed by atoms with Crippen molar-refractivity contribution in [2.45, 2.75) is 13.0 Å². The molecule has 1 heterocycles. The van der Waals surface area contributed by atoms with Crippen LogP contribution in [0.15, 0.2) is 83.4 Å². The number of amides is 1. The van der Waals surface area contributed by atoms with Crippen LogP contribution in [0.2, 0.25) is 5.02 Å². The summed E-state index contributed by atoms with van der Waals surface area (Å²) in [7, 11) is 1.62. The van der Waals surface area contributed by atoms with E-state index >= 15 is 0 Å². The van der Waals surface area contributed by atoms with E-state index in [0.717, 1.165) is 16.9 Å². The Labute approximate surface area is 185 Å². The van der Waals surface area contributed by atoms with Gasteiger partial charge >= 0.3 is 0 Å². The Balaban J connectivity index is 1.57. The molecular formula is C25H21ClN2O3. The first kappa shape index (κ1) is 20.7. The second-order valence-electron chi connectivity index (χ2n) is 7.05. The lowest BCUT2D eigenvalue weighted by Crippen LogP contribution is -2.27. The van der Waals surface area contributed by atoms with Gasteiger partial charge in [0, 0.05) is 16.1 Å². The van der Waals surface area contributed by atoms with Gasteiger partial charge in [-0.3, -0.25) is 4.79 Å². The zero-order valence-electron chi connectivity index (χ0n) is 17.1. The van der Waals surface area contributed by atoms with Gasteiger partial charge in [-0.05, 0) is 61.0 Å². The monoisotopic (exact) mass is 432 g/mol. The molecule has 0 aliphatic carbocycles. The first-order valence-corrected chi connectivity index (χ1v) is 10.2. The minimum absolute atomic E-state index is 0.183. The summed E-state index contributed by atoms with van der Waals surface area (Å²) in [5.41, 5.74) is 2.96. The van der Waals surface area contributed by atoms with Crippen LogP contribution < -0.4 is 10.1 Å². The number of carbonyl (C=O) groups is 1. The Kier molecular flexibility index (Phi) is 6.05. The molecule has 1 atom stereocenters. The van der Waals surface area contributed by atoms with Gasteiger partial charge in [-0.2, -0.15) is 0 Å². The highest BCUT2D eigenvalue weighted by Crippen LogP contribution is 2.29. The van der Waals surface area contributed by atoms with Crippen molar-refractivity contribution in [3.63, 3.8) is 0 Å². The predicted octanol–water partition coefficient (Wildman–Crippen LogP) is 6.16. The van der Waals surface area contributed by atoms with E-state index in [-0.39, 0.29) is 11.9 Å². The number of halogens is 1. The summed E-state index contributed by atoms with van der Waals surface area (Å²) < 4.78 is 11.2. The number of aromatic nitrogens is 1. The van der Waals surface area contributed by atoms with Gasteiger partial charge in [0.2, 0.25) is 5.89 Å². The van der Waals surface area contributed by atoms with Crippen LogP contribution in [0.4, 0.5) is 0 Å². The first-order valence-electron chi connectivity index (χ1n) is 9.81. The molecule has 6 heteroatoms. The second kappa shape index (κ2) is 9.06. The van der Waals surface area contributed by atoms with Gasteiger partial charge in [0.25, 0.3) is 5.91 Å². The molecule has 0 spiro atoms. The normalized spacial score (nSPS) is 11.7. The van der Waals surface area contributed by atoms with Gasteiger partial charge in [-0.25, -0.2) is 4.98 Å². The molecule has 1 N–H and O–H groups in total. The topological polar surface area (TPSA) is 64.4 Å². The summed E-state index contributed by atoms with van der Waals surface area (Å²) in [6, 6.07) is 22.0. The van der Waals surface area contributed by atoms with Crippen molar-refractivity contribution in [3.05, 3.63) is 95.1 Å². The van der Waals surface area contributed by atoms with Crippen molar-refractivity contribution in [2.75, 3.05) is 7.11 Å². The number of nitrogens with zero attached hydrogens (tertiary/aromatic N) is 1. The standard InChI is InChI=1S/C25H21ClN2O3/c1-16(17-7-11-19(26)12-8-17)28-24(29)21-5-3-4-6-22(21)25-27-15-23(31-25)18-9-13-20(30-2)14-10-18/h3-16H,1-2H3,(H,28,29). The maximum Gasteiger partial charge on any atom is 0.252 e. The van der Waals surface area contributed by atoms with E-state index in [4.69, 9.17) is 20.8 Å². The number of oxazole rings is 1. The fraction of sp³-hybridized carbons (Fsp3) is 0.120. The number of ether oxygens (including phenoxy) is 1. The molecule has 0 radical (unpaired) electrons. The molecule has 4 rings (SSSR count). The van der Waals surface area contributed by atoms with Crippen LogP contribution in [0, 0.1) is 0 Å². The van der Waals surface area contributed by atoms with E-state index in [2.05, 4.69) is 10.3 Å². The van der Waals surface area contributed by atoms with Crippen molar-refractivity contribution in [1.29, 1.82) is 0 Å². The molecular weight excluding hydrogens is 412 g/mol. The van der Waals surface area contributed by atoms with Crippen LogP contribution in [-0.4, -0.2) is 18.0 Å². The van der Waals surface area contributed by atoms with Crippen LogP contribution in [0.25, 0.3) is 22.8 Å². The lowest BCUT2D eigenvalue weighted by molar-refractivity contribution is 0.0940. The minimum atomic E-state index is -0.206. The molecule has 0 saturated heterocycles. The lowest BCUT2D eigenvalue weighted by Gasteiger charge is -2.15. The largest absolute Gasteiger partial charge is 0.497 e. The molecule has 0 saturated carbocycles. The third kappa shape index (κ3) is 4.62. The summed E-state index contributed by atoms with van der Waals surface area (Å²) in [6.07, 6.45) is 1.65. The Morgan fingerprint density at radius 1 is 1.03 bits per heavy atom. The predicted molar refractivity (Wildman–Crippen MR) is 121 cm³/mol. The van der Waals surface area contributed by atoms with E-state index in [1.54, 1.807) is 31.5 Å². The van der Waals surface area contributed by atoms with Gasteiger partial charge in [0.1, 0.15) is 5.75 Å². The minimum Gasteiger partial charge on any atom is -0.497 e. The third-order valence-corrected chi connectivity index (χ3v) is 5.25. The Morgan fingerprint density at radius 3 is 2.45 bits per heavy atom. The smallest absolute Gasteiger partial charge is 0.252 e. The molecule has 0 aliphatic rings. The highest BCUT2D eigenvalue weighted by atomic mass is 35.5. The van der Waals surface area contributed by atoms with Gasteiger partial charge in [-0.1, -0.05) is 35.9 Å². The average Bonchev–Trinajstić information content (AvgIpc) is 3.29. The Bertz CT molecular complexity index is 1180. The number of methoxy groups -OCH3 is 1. The zero-order valence-corrected chi connectivity index (χ0v) is 17.9. The van der Waals surface area contributed by atoms with Gasteiger partial charge in [0.15, 0.2) is 5.76 Å². The van der Waals surface area contributed by atoms with Crippen molar-refractivity contribution >= 4 is 17.5 Å². The molecule has 4 aromatic rings. The summed E-state index contributed by atoms with van der Waals surface area (Å²) in [5, 5.41) is 3.68. The summed E-state index contributed by atoms with van der Waals surface area (Å²) in [4.78, 5) is 17.4. The van der Waals surface area contributed by atoms with E-state index in [0.29, 0.717) is 27.8 Å². The molecule has 0 aliphatic heterocycles. The average molecular weight is 433 g/mol. The molecule has 1 unspecified atom stereocenters. The summed E-state index contributed by atoms with van der Waals surface area (Å²) in [6.45, 7) is 1.93. The maximum atomic E-state index is 13.0. The zero-order chi connectivity index (χ0) is 21.8. The summed E-state index contributed by atoms with van der Waals surface area (Å²) >= 11 is 5.96. The number of nitrogens with one attached hydrogen (secondary N) is 1. The molecule has 1 amide bonds. The van der Waals surface area contributed by atoms with Crippen LogP contribution in [0.3, 0.4) is 0 Å². The van der Waals surface area contributed by atoms with Crippen LogP contribution in [0.5, 0.6) is 5.75 Å². The van der Waals surface area contributed by atoms with Crippen LogP contribution in [-0.2, 0) is 0 Å². The highest BCUT2D eigenvalue weighted by molar-refractivity contribution is 6.30. The number of hydrogen-bond donors (Lipinski definition) is 1. The molecule has 0 bridgehead atoms. The van der Waals surface area contributed by atoms with E-state index in [9.17, 15) is 4.79 Å². The SMILES string of the molecule is COc1ccc(-c2cnc(-c3ccccc3C(=O)NC(C)c3ccc(Cl)cc3)o2)cc1. The Hall–Kier alpha value is -3.57. The van der Waals surface area contributed by atoms with Crippen LogP contribution >= 0.6 is 11.6 Å². The van der Waals surface area contributed by atoms with E-state index in [1.807, 2.05) is 61.5 Å². The molecule has 3 aromatic carbocycles.